The lowest BCUT2D eigenvalue weighted by atomic mass is 10.3. The number of rotatable bonds is 4. The summed E-state index contributed by atoms with van der Waals surface area (Å²) in [4.78, 5) is 6.56. The van der Waals surface area contributed by atoms with Gasteiger partial charge in [-0.3, -0.25) is 4.68 Å². The molecule has 6 heteroatoms. The third-order valence-electron chi connectivity index (χ3n) is 2.89. The smallest absolute Gasteiger partial charge is 0.150 e. The molecule has 98 valence electrons. The maximum atomic E-state index is 6.13. The zero-order valence-electron chi connectivity index (χ0n) is 11.3. The van der Waals surface area contributed by atoms with E-state index < -0.39 is 0 Å². The van der Waals surface area contributed by atoms with Gasteiger partial charge in [-0.25, -0.2) is 4.98 Å². The first-order chi connectivity index (χ1) is 8.52. The van der Waals surface area contributed by atoms with Crippen molar-refractivity contribution in [3.8, 4) is 0 Å². The molecule has 0 unspecified atom stereocenters. The number of anilines is 2. The predicted molar refractivity (Wildman–Crippen MR) is 76.0 cm³/mol. The minimum absolute atomic E-state index is 0.747. The molecule has 0 aliphatic rings. The van der Waals surface area contributed by atoms with Crippen molar-refractivity contribution < 1.29 is 0 Å². The van der Waals surface area contributed by atoms with E-state index >= 15 is 0 Å². The van der Waals surface area contributed by atoms with Gasteiger partial charge in [-0.2, -0.15) is 5.10 Å². The number of aromatic nitrogens is 3. The molecule has 0 saturated carbocycles. The number of hydrogen-bond acceptors (Lipinski definition) is 5. The fourth-order valence-electron chi connectivity index (χ4n) is 2.10. The summed E-state index contributed by atoms with van der Waals surface area (Å²) >= 11 is 1.67. The Hall–Kier alpha value is -1.56. The van der Waals surface area contributed by atoms with Gasteiger partial charge in [-0.15, -0.1) is 11.3 Å². The predicted octanol–water partition coefficient (Wildman–Crippen LogP) is 1.97. The summed E-state index contributed by atoms with van der Waals surface area (Å²) in [6.07, 6.45) is 0.851. The van der Waals surface area contributed by atoms with Crippen LogP contribution in [0.15, 0.2) is 5.38 Å². The molecule has 0 spiro atoms. The summed E-state index contributed by atoms with van der Waals surface area (Å²) in [6, 6.07) is 0. The summed E-state index contributed by atoms with van der Waals surface area (Å²) in [5, 5.41) is 7.60. The quantitative estimate of drug-likeness (QED) is 0.918. The van der Waals surface area contributed by atoms with Gasteiger partial charge in [-0.1, -0.05) is 6.92 Å². The Morgan fingerprint density at radius 2 is 2.22 bits per heavy atom. The molecule has 5 nitrogen and oxygen atoms in total. The lowest BCUT2D eigenvalue weighted by Crippen LogP contribution is -2.20. The van der Waals surface area contributed by atoms with E-state index in [1.807, 2.05) is 25.7 Å². The molecule has 0 saturated heterocycles. The van der Waals surface area contributed by atoms with Gasteiger partial charge in [0.1, 0.15) is 0 Å². The van der Waals surface area contributed by atoms with Gasteiger partial charge in [-0.05, 0) is 13.3 Å². The highest BCUT2D eigenvalue weighted by atomic mass is 32.1. The fraction of sp³-hybridized carbons (Fsp3) is 0.500. The van der Waals surface area contributed by atoms with E-state index in [4.69, 9.17) is 5.73 Å². The van der Waals surface area contributed by atoms with Gasteiger partial charge in [0.25, 0.3) is 0 Å². The first-order valence-electron chi connectivity index (χ1n) is 5.96. The van der Waals surface area contributed by atoms with E-state index in [0.717, 1.165) is 40.9 Å². The molecule has 2 heterocycles. The molecule has 0 fully saturated rings. The number of aryl methyl sites for hydroxylation is 3. The van der Waals surface area contributed by atoms with Gasteiger partial charge < -0.3 is 10.6 Å². The Labute approximate surface area is 111 Å². The van der Waals surface area contributed by atoms with E-state index in [1.165, 1.54) is 0 Å². The van der Waals surface area contributed by atoms with Crippen molar-refractivity contribution >= 4 is 22.8 Å². The standard InChI is InChI=1S/C12H19N5S/c1-5-10-11(13)12(17(4)15-10)16(3)6-9-7-18-8(2)14-9/h7H,5-6,13H2,1-4H3. The largest absolute Gasteiger partial charge is 0.394 e. The molecule has 0 aliphatic heterocycles. The van der Waals surface area contributed by atoms with Gasteiger partial charge >= 0.3 is 0 Å². The average molecular weight is 265 g/mol. The van der Waals surface area contributed by atoms with Crippen LogP contribution in [0.2, 0.25) is 0 Å². The van der Waals surface area contributed by atoms with Crippen molar-refractivity contribution in [3.63, 3.8) is 0 Å². The van der Waals surface area contributed by atoms with E-state index in [9.17, 15) is 0 Å². The van der Waals surface area contributed by atoms with E-state index in [1.54, 1.807) is 11.3 Å². The summed E-state index contributed by atoms with van der Waals surface area (Å²) in [7, 11) is 3.94. The Morgan fingerprint density at radius 1 is 1.50 bits per heavy atom. The topological polar surface area (TPSA) is 60.0 Å². The van der Waals surface area contributed by atoms with Crippen molar-refractivity contribution in [3.05, 3.63) is 21.8 Å². The van der Waals surface area contributed by atoms with Crippen LogP contribution in [0.1, 0.15) is 23.3 Å². The molecule has 2 N–H and O–H groups in total. The van der Waals surface area contributed by atoms with Gasteiger partial charge in [0.2, 0.25) is 0 Å². The van der Waals surface area contributed by atoms with Gasteiger partial charge in [0.15, 0.2) is 5.82 Å². The lowest BCUT2D eigenvalue weighted by Gasteiger charge is -2.18. The van der Waals surface area contributed by atoms with Gasteiger partial charge in [0, 0.05) is 19.5 Å². The molecule has 0 amide bonds. The second-order valence-electron chi connectivity index (χ2n) is 4.38. The van der Waals surface area contributed by atoms with Crippen molar-refractivity contribution in [1.29, 1.82) is 0 Å². The molecular weight excluding hydrogens is 246 g/mol. The Kier molecular flexibility index (Phi) is 3.56. The lowest BCUT2D eigenvalue weighted by molar-refractivity contribution is 0.717. The third-order valence-corrected chi connectivity index (χ3v) is 3.71. The van der Waals surface area contributed by atoms with Crippen LogP contribution >= 0.6 is 11.3 Å². The highest BCUT2D eigenvalue weighted by molar-refractivity contribution is 7.09. The highest BCUT2D eigenvalue weighted by Gasteiger charge is 2.16. The molecule has 0 radical (unpaired) electrons. The Morgan fingerprint density at radius 3 is 2.72 bits per heavy atom. The van der Waals surface area contributed by atoms with E-state index in [2.05, 4.69) is 27.3 Å². The van der Waals surface area contributed by atoms with Gasteiger partial charge in [0.05, 0.1) is 28.6 Å². The van der Waals surface area contributed by atoms with Crippen molar-refractivity contribution in [2.24, 2.45) is 7.05 Å². The van der Waals surface area contributed by atoms with Crippen molar-refractivity contribution in [1.82, 2.24) is 14.8 Å². The summed E-state index contributed by atoms with van der Waals surface area (Å²) in [5.41, 5.74) is 8.93. The molecule has 0 aliphatic carbocycles. The summed E-state index contributed by atoms with van der Waals surface area (Å²) in [6.45, 7) is 4.82. The minimum Gasteiger partial charge on any atom is -0.394 e. The molecular formula is C12H19N5S. The highest BCUT2D eigenvalue weighted by Crippen LogP contribution is 2.26. The van der Waals surface area contributed by atoms with Crippen LogP contribution in [0.3, 0.4) is 0 Å². The maximum Gasteiger partial charge on any atom is 0.150 e. The molecule has 0 atom stereocenters. The van der Waals surface area contributed by atoms with Crippen LogP contribution in [-0.4, -0.2) is 21.8 Å². The second kappa shape index (κ2) is 4.97. The molecule has 0 aromatic carbocycles. The van der Waals surface area contributed by atoms with E-state index in [-0.39, 0.29) is 0 Å². The first-order valence-corrected chi connectivity index (χ1v) is 6.84. The number of nitrogen functional groups attached to an aromatic ring is 1. The average Bonchev–Trinajstić information content (AvgIpc) is 2.83. The monoisotopic (exact) mass is 265 g/mol. The summed E-state index contributed by atoms with van der Waals surface area (Å²) in [5.74, 6) is 0.956. The van der Waals surface area contributed by atoms with Crippen LogP contribution in [0, 0.1) is 6.92 Å². The molecule has 0 bridgehead atoms. The van der Waals surface area contributed by atoms with Crippen LogP contribution in [0.25, 0.3) is 0 Å². The molecule has 2 aromatic heterocycles. The fourth-order valence-corrected chi connectivity index (χ4v) is 2.70. The third kappa shape index (κ3) is 2.33. The number of nitrogens with two attached hydrogens (primary N) is 1. The normalized spacial score (nSPS) is 10.9. The van der Waals surface area contributed by atoms with Crippen LogP contribution < -0.4 is 10.6 Å². The molecule has 18 heavy (non-hydrogen) atoms. The maximum absolute atomic E-state index is 6.13. The Bertz CT molecular complexity index is 543. The van der Waals surface area contributed by atoms with Crippen LogP contribution in [0.5, 0.6) is 0 Å². The van der Waals surface area contributed by atoms with Crippen LogP contribution in [-0.2, 0) is 20.0 Å². The number of hydrogen-bond donors (Lipinski definition) is 1. The SMILES string of the molecule is CCc1nn(C)c(N(C)Cc2csc(C)n2)c1N. The zero-order valence-corrected chi connectivity index (χ0v) is 12.1. The number of thiazole rings is 1. The summed E-state index contributed by atoms with van der Waals surface area (Å²) < 4.78 is 1.84. The van der Waals surface area contributed by atoms with Crippen molar-refractivity contribution in [2.45, 2.75) is 26.8 Å². The molecule has 2 aromatic rings. The van der Waals surface area contributed by atoms with Crippen LogP contribution in [0.4, 0.5) is 11.5 Å². The zero-order chi connectivity index (χ0) is 13.3. The Balaban J connectivity index is 2.23. The second-order valence-corrected chi connectivity index (χ2v) is 5.44. The number of nitrogens with zero attached hydrogens (tertiary/aromatic N) is 4. The first kappa shape index (κ1) is 12.9. The minimum atomic E-state index is 0.747. The van der Waals surface area contributed by atoms with Crippen molar-refractivity contribution in [2.75, 3.05) is 17.7 Å². The van der Waals surface area contributed by atoms with E-state index in [0.29, 0.717) is 0 Å². The molecule has 2 rings (SSSR count).